The third kappa shape index (κ3) is 2.49. The Hall–Kier alpha value is -1.81. The molecule has 1 heterocycles. The van der Waals surface area contributed by atoms with Crippen molar-refractivity contribution < 1.29 is 14.3 Å². The van der Waals surface area contributed by atoms with Crippen LogP contribution in [0.25, 0.3) is 10.9 Å². The van der Waals surface area contributed by atoms with Crippen LogP contribution in [0.3, 0.4) is 0 Å². The molecule has 0 aliphatic rings. The molecule has 2 rings (SSSR count). The van der Waals surface area contributed by atoms with E-state index >= 15 is 0 Å². The lowest BCUT2D eigenvalue weighted by Gasteiger charge is -2.10. The number of aromatic nitrogens is 1. The van der Waals surface area contributed by atoms with Gasteiger partial charge in [0.2, 0.25) is 0 Å². The lowest BCUT2D eigenvalue weighted by atomic mass is 10.1. The highest BCUT2D eigenvalue weighted by atomic mass is 35.5. The summed E-state index contributed by atoms with van der Waals surface area (Å²) in [5, 5.41) is 1.02. The summed E-state index contributed by atoms with van der Waals surface area (Å²) < 4.78 is 10.2. The monoisotopic (exact) mass is 279 g/mol. The molecule has 0 bridgehead atoms. The molecule has 0 amide bonds. The normalized spacial score (nSPS) is 10.5. The molecular formula is C14H14ClNO3. The average Bonchev–Trinajstić information content (AvgIpc) is 2.38. The van der Waals surface area contributed by atoms with Gasteiger partial charge in [0, 0.05) is 5.39 Å². The standard InChI is InChI=1S/C14H14ClNO3/c1-4-19-14(17)12-8(2)16-11-6-5-9(18-3)7-10(11)13(12)15/h5-7H,4H2,1-3H3. The molecule has 0 radical (unpaired) electrons. The highest BCUT2D eigenvalue weighted by molar-refractivity contribution is 6.38. The largest absolute Gasteiger partial charge is 0.497 e. The fourth-order valence-corrected chi connectivity index (χ4v) is 2.25. The minimum absolute atomic E-state index is 0.296. The molecule has 0 aliphatic heterocycles. The van der Waals surface area contributed by atoms with E-state index in [1.54, 1.807) is 33.1 Å². The molecule has 0 N–H and O–H groups in total. The van der Waals surface area contributed by atoms with Crippen molar-refractivity contribution in [3.63, 3.8) is 0 Å². The summed E-state index contributed by atoms with van der Waals surface area (Å²) in [6.45, 7) is 3.78. The van der Waals surface area contributed by atoms with Gasteiger partial charge in [-0.2, -0.15) is 0 Å². The molecule has 0 atom stereocenters. The van der Waals surface area contributed by atoms with E-state index in [0.29, 0.717) is 34.0 Å². The van der Waals surface area contributed by atoms with E-state index in [-0.39, 0.29) is 0 Å². The van der Waals surface area contributed by atoms with Crippen molar-refractivity contribution >= 4 is 28.5 Å². The summed E-state index contributed by atoms with van der Waals surface area (Å²) in [4.78, 5) is 16.3. The number of nitrogens with zero attached hydrogens (tertiary/aromatic N) is 1. The lowest BCUT2D eigenvalue weighted by molar-refractivity contribution is 0.0525. The molecule has 2 aromatic rings. The quantitative estimate of drug-likeness (QED) is 0.808. The van der Waals surface area contributed by atoms with Gasteiger partial charge in [0.05, 0.1) is 29.9 Å². The third-order valence-corrected chi connectivity index (χ3v) is 3.18. The van der Waals surface area contributed by atoms with Gasteiger partial charge in [-0.1, -0.05) is 11.6 Å². The molecule has 0 saturated heterocycles. The highest BCUT2D eigenvalue weighted by Gasteiger charge is 2.19. The van der Waals surface area contributed by atoms with Crippen LogP contribution in [-0.4, -0.2) is 24.7 Å². The van der Waals surface area contributed by atoms with Crippen molar-refractivity contribution in [2.24, 2.45) is 0 Å². The molecule has 0 fully saturated rings. The summed E-state index contributed by atoms with van der Waals surface area (Å²) in [5.74, 6) is 0.206. The van der Waals surface area contributed by atoms with Gasteiger partial charge in [-0.15, -0.1) is 0 Å². The number of rotatable bonds is 3. The molecule has 1 aromatic carbocycles. The first-order chi connectivity index (χ1) is 9.08. The number of hydrogen-bond acceptors (Lipinski definition) is 4. The maximum Gasteiger partial charge on any atom is 0.341 e. The Kier molecular flexibility index (Phi) is 3.90. The lowest BCUT2D eigenvalue weighted by Crippen LogP contribution is -2.09. The van der Waals surface area contributed by atoms with Gasteiger partial charge in [0.15, 0.2) is 0 Å². The number of carbonyl (C=O) groups is 1. The summed E-state index contributed by atoms with van der Waals surface area (Å²) >= 11 is 6.31. The zero-order chi connectivity index (χ0) is 14.0. The van der Waals surface area contributed by atoms with Crippen LogP contribution in [0, 0.1) is 6.92 Å². The van der Waals surface area contributed by atoms with Gasteiger partial charge in [-0.25, -0.2) is 4.79 Å². The number of ether oxygens (including phenoxy) is 2. The van der Waals surface area contributed by atoms with E-state index in [2.05, 4.69) is 4.98 Å². The highest BCUT2D eigenvalue weighted by Crippen LogP contribution is 2.31. The van der Waals surface area contributed by atoms with E-state index in [4.69, 9.17) is 21.1 Å². The Morgan fingerprint density at radius 2 is 2.16 bits per heavy atom. The van der Waals surface area contributed by atoms with Crippen molar-refractivity contribution in [2.75, 3.05) is 13.7 Å². The van der Waals surface area contributed by atoms with Gasteiger partial charge in [-0.3, -0.25) is 4.98 Å². The molecule has 5 heteroatoms. The van der Waals surface area contributed by atoms with Crippen LogP contribution in [0.5, 0.6) is 5.75 Å². The Balaban J connectivity index is 2.68. The number of halogens is 1. The maximum atomic E-state index is 11.9. The second kappa shape index (κ2) is 5.45. The SMILES string of the molecule is CCOC(=O)c1c(C)nc2ccc(OC)cc2c1Cl. The third-order valence-electron chi connectivity index (χ3n) is 2.79. The van der Waals surface area contributed by atoms with Crippen LogP contribution in [0.15, 0.2) is 18.2 Å². The molecule has 100 valence electrons. The van der Waals surface area contributed by atoms with Crippen molar-refractivity contribution in [2.45, 2.75) is 13.8 Å². The predicted octanol–water partition coefficient (Wildman–Crippen LogP) is 3.38. The number of hydrogen-bond donors (Lipinski definition) is 0. The van der Waals surface area contributed by atoms with Crippen LogP contribution in [0.4, 0.5) is 0 Å². The molecule has 4 nitrogen and oxygen atoms in total. The van der Waals surface area contributed by atoms with Gasteiger partial charge in [-0.05, 0) is 32.0 Å². The van der Waals surface area contributed by atoms with Crippen molar-refractivity contribution in [3.8, 4) is 5.75 Å². The van der Waals surface area contributed by atoms with Gasteiger partial charge < -0.3 is 9.47 Å². The zero-order valence-electron chi connectivity index (χ0n) is 11.0. The topological polar surface area (TPSA) is 48.4 Å². The van der Waals surface area contributed by atoms with E-state index in [1.807, 2.05) is 6.07 Å². The summed E-state index contributed by atoms with van der Waals surface area (Å²) in [6, 6.07) is 5.37. The number of benzene rings is 1. The maximum absolute atomic E-state index is 11.9. The number of fused-ring (bicyclic) bond motifs is 1. The minimum Gasteiger partial charge on any atom is -0.497 e. The molecule has 0 saturated carbocycles. The van der Waals surface area contributed by atoms with E-state index < -0.39 is 5.97 Å². The number of pyridine rings is 1. The molecule has 1 aromatic heterocycles. The Bertz CT molecular complexity index is 640. The number of esters is 1. The second-order valence-corrected chi connectivity index (χ2v) is 4.37. The fourth-order valence-electron chi connectivity index (χ4n) is 1.89. The first kappa shape index (κ1) is 13.6. The molecule has 0 unspecified atom stereocenters. The Morgan fingerprint density at radius 3 is 2.79 bits per heavy atom. The smallest absolute Gasteiger partial charge is 0.341 e. The van der Waals surface area contributed by atoms with Crippen molar-refractivity contribution in [3.05, 3.63) is 34.5 Å². The summed E-state index contributed by atoms with van der Waals surface area (Å²) in [5.41, 5.74) is 1.58. The molecule has 19 heavy (non-hydrogen) atoms. The molecule has 0 aliphatic carbocycles. The second-order valence-electron chi connectivity index (χ2n) is 3.99. The molecule has 0 spiro atoms. The van der Waals surface area contributed by atoms with Crippen LogP contribution < -0.4 is 4.74 Å². The summed E-state index contributed by atoms with van der Waals surface area (Å²) in [7, 11) is 1.57. The van der Waals surface area contributed by atoms with E-state index in [9.17, 15) is 4.79 Å². The van der Waals surface area contributed by atoms with E-state index in [1.165, 1.54) is 0 Å². The minimum atomic E-state index is -0.456. The Morgan fingerprint density at radius 1 is 1.42 bits per heavy atom. The van der Waals surface area contributed by atoms with Gasteiger partial charge >= 0.3 is 5.97 Å². The number of methoxy groups -OCH3 is 1. The first-order valence-electron chi connectivity index (χ1n) is 5.89. The average molecular weight is 280 g/mol. The van der Waals surface area contributed by atoms with Crippen molar-refractivity contribution in [1.82, 2.24) is 4.98 Å². The van der Waals surface area contributed by atoms with Crippen LogP contribution in [-0.2, 0) is 4.74 Å². The Labute approximate surface area is 116 Å². The van der Waals surface area contributed by atoms with Gasteiger partial charge in [0.25, 0.3) is 0 Å². The van der Waals surface area contributed by atoms with Crippen LogP contribution in [0.1, 0.15) is 23.0 Å². The summed E-state index contributed by atoms with van der Waals surface area (Å²) in [6.07, 6.45) is 0. The van der Waals surface area contributed by atoms with Crippen LogP contribution >= 0.6 is 11.6 Å². The zero-order valence-corrected chi connectivity index (χ0v) is 11.7. The van der Waals surface area contributed by atoms with Crippen molar-refractivity contribution in [1.29, 1.82) is 0 Å². The first-order valence-corrected chi connectivity index (χ1v) is 6.27. The van der Waals surface area contributed by atoms with E-state index in [0.717, 1.165) is 5.52 Å². The molecular weight excluding hydrogens is 266 g/mol. The number of carbonyl (C=O) groups excluding carboxylic acids is 1. The van der Waals surface area contributed by atoms with Crippen LogP contribution in [0.2, 0.25) is 5.02 Å². The fraction of sp³-hybridized carbons (Fsp3) is 0.286. The van der Waals surface area contributed by atoms with Gasteiger partial charge in [0.1, 0.15) is 11.3 Å². The predicted molar refractivity (Wildman–Crippen MR) is 74.0 cm³/mol. The number of aryl methyl sites for hydroxylation is 1.